The lowest BCUT2D eigenvalue weighted by Crippen LogP contribution is -2.34. The van der Waals surface area contributed by atoms with Gasteiger partial charge in [0.1, 0.15) is 0 Å². The Hall–Kier alpha value is -4.88. The van der Waals surface area contributed by atoms with Gasteiger partial charge in [-0.15, -0.1) is 0 Å². The molecule has 0 spiro atoms. The summed E-state index contributed by atoms with van der Waals surface area (Å²) < 4.78 is 0. The highest BCUT2D eigenvalue weighted by Crippen LogP contribution is 2.58. The molecule has 8 rings (SSSR count). The lowest BCUT2D eigenvalue weighted by atomic mass is 9.61. The van der Waals surface area contributed by atoms with E-state index in [0.717, 1.165) is 11.4 Å². The average Bonchev–Trinajstić information content (AvgIpc) is 3.40. The van der Waals surface area contributed by atoms with Crippen molar-refractivity contribution in [3.63, 3.8) is 0 Å². The fourth-order valence-electron chi connectivity index (χ4n) is 8.47. The number of anilines is 2. The summed E-state index contributed by atoms with van der Waals surface area (Å²) in [6, 6.07) is 53.7. The van der Waals surface area contributed by atoms with Gasteiger partial charge in [-0.25, -0.2) is 0 Å². The molecule has 0 bridgehead atoms. The number of rotatable bonds is 5. The normalized spacial score (nSPS) is 16.6. The predicted octanol–water partition coefficient (Wildman–Crippen LogP) is 11.8. The lowest BCUT2D eigenvalue weighted by Gasteiger charge is -2.43. The van der Waals surface area contributed by atoms with Crippen LogP contribution in [0.15, 0.2) is 146 Å². The van der Waals surface area contributed by atoms with Crippen LogP contribution in [0.5, 0.6) is 0 Å². The molecule has 6 aromatic carbocycles. The molecule has 0 aromatic heterocycles. The third kappa shape index (κ3) is 4.29. The molecule has 1 nitrogen and oxygen atoms in total. The van der Waals surface area contributed by atoms with Crippen molar-refractivity contribution in [3.8, 4) is 22.3 Å². The number of fused-ring (bicyclic) bond motifs is 4. The number of nitrogens with one attached hydrogen (secondary N) is 1. The molecule has 46 heavy (non-hydrogen) atoms. The Balaban J connectivity index is 1.26. The fraction of sp³-hybridized carbons (Fsp3) is 0.200. The van der Waals surface area contributed by atoms with Gasteiger partial charge in [-0.05, 0) is 91.9 Å². The first-order valence-electron chi connectivity index (χ1n) is 16.7. The quantitative estimate of drug-likeness (QED) is 0.209. The highest BCUT2D eigenvalue weighted by molar-refractivity contribution is 5.91. The molecular weight excluding hydrogens is 555 g/mol. The smallest absolute Gasteiger partial charge is 0.0733 e. The molecule has 0 heterocycles. The summed E-state index contributed by atoms with van der Waals surface area (Å²) in [7, 11) is 0. The minimum atomic E-state index is -0.445. The van der Waals surface area contributed by atoms with E-state index >= 15 is 0 Å². The van der Waals surface area contributed by atoms with E-state index in [1.807, 2.05) is 0 Å². The van der Waals surface area contributed by atoms with E-state index in [1.54, 1.807) is 0 Å². The average molecular weight is 596 g/mol. The zero-order chi connectivity index (χ0) is 31.5. The van der Waals surface area contributed by atoms with Crippen molar-refractivity contribution in [1.82, 2.24) is 0 Å². The fourth-order valence-corrected chi connectivity index (χ4v) is 8.47. The molecule has 0 fully saturated rings. The van der Waals surface area contributed by atoms with Crippen molar-refractivity contribution in [1.29, 1.82) is 0 Å². The standard InChI is InChI=1S/C45H41N/c1-43(2)29-30-44(3,4)41-35(20-13-23-39(41)43)31-25-27-34(28-26-31)46-40-24-14-21-37-36-19-11-12-22-38(36)45(42(37)40,32-15-7-5-8-16-32)33-17-9-6-10-18-33/h5-28,46H,29-30H2,1-4H3. The Labute approximate surface area is 274 Å². The molecule has 0 radical (unpaired) electrons. The number of hydrogen-bond acceptors (Lipinski definition) is 1. The van der Waals surface area contributed by atoms with Gasteiger partial charge in [0.15, 0.2) is 0 Å². The Kier molecular flexibility index (Phi) is 6.58. The van der Waals surface area contributed by atoms with Crippen LogP contribution in [0.25, 0.3) is 22.3 Å². The molecule has 0 amide bonds. The van der Waals surface area contributed by atoms with E-state index in [1.165, 1.54) is 68.5 Å². The Morgan fingerprint density at radius 3 is 1.67 bits per heavy atom. The van der Waals surface area contributed by atoms with Gasteiger partial charge >= 0.3 is 0 Å². The van der Waals surface area contributed by atoms with Crippen LogP contribution >= 0.6 is 0 Å². The van der Waals surface area contributed by atoms with E-state index in [0.29, 0.717) is 0 Å². The first kappa shape index (κ1) is 28.6. The zero-order valence-corrected chi connectivity index (χ0v) is 27.3. The van der Waals surface area contributed by atoms with Crippen molar-refractivity contribution < 1.29 is 0 Å². The predicted molar refractivity (Wildman–Crippen MR) is 194 cm³/mol. The molecule has 0 saturated heterocycles. The molecule has 6 aromatic rings. The van der Waals surface area contributed by atoms with Gasteiger partial charge in [0.2, 0.25) is 0 Å². The van der Waals surface area contributed by atoms with Gasteiger partial charge < -0.3 is 5.32 Å². The van der Waals surface area contributed by atoms with Crippen LogP contribution in [-0.2, 0) is 16.2 Å². The van der Waals surface area contributed by atoms with Gasteiger partial charge in [-0.2, -0.15) is 0 Å². The molecule has 0 aliphatic heterocycles. The molecular formula is C45H41N. The zero-order valence-electron chi connectivity index (χ0n) is 27.3. The number of benzene rings is 6. The Morgan fingerprint density at radius 2 is 0.978 bits per heavy atom. The largest absolute Gasteiger partial charge is 0.355 e. The summed E-state index contributed by atoms with van der Waals surface area (Å²) in [6.07, 6.45) is 2.42. The third-order valence-electron chi connectivity index (χ3n) is 10.8. The molecule has 0 saturated carbocycles. The molecule has 0 unspecified atom stereocenters. The highest BCUT2D eigenvalue weighted by Gasteiger charge is 2.47. The molecule has 1 N–H and O–H groups in total. The molecule has 2 aliphatic rings. The van der Waals surface area contributed by atoms with Crippen molar-refractivity contribution in [3.05, 3.63) is 179 Å². The SMILES string of the molecule is CC1(C)CCC(C)(C)c2c(-c3ccc(Nc4cccc5c4C(c4ccccc4)(c4ccccc4)c4ccccc4-5)cc3)cccc21. The summed E-state index contributed by atoms with van der Waals surface area (Å²) in [5.74, 6) is 0. The number of hydrogen-bond donors (Lipinski definition) is 1. The van der Waals surface area contributed by atoms with Gasteiger partial charge in [0.05, 0.1) is 5.41 Å². The van der Waals surface area contributed by atoms with Crippen molar-refractivity contribution in [2.45, 2.75) is 56.8 Å². The van der Waals surface area contributed by atoms with E-state index in [-0.39, 0.29) is 10.8 Å². The summed E-state index contributed by atoms with van der Waals surface area (Å²) >= 11 is 0. The van der Waals surface area contributed by atoms with E-state index < -0.39 is 5.41 Å². The topological polar surface area (TPSA) is 12.0 Å². The maximum absolute atomic E-state index is 3.90. The minimum Gasteiger partial charge on any atom is -0.355 e. The third-order valence-corrected chi connectivity index (χ3v) is 10.8. The second-order valence-electron chi connectivity index (χ2n) is 14.5. The van der Waals surface area contributed by atoms with Gasteiger partial charge in [0.25, 0.3) is 0 Å². The molecule has 1 heteroatoms. The lowest BCUT2D eigenvalue weighted by molar-refractivity contribution is 0.333. The van der Waals surface area contributed by atoms with Crippen molar-refractivity contribution in [2.75, 3.05) is 5.32 Å². The summed E-state index contributed by atoms with van der Waals surface area (Å²) in [5.41, 5.74) is 15.5. The summed E-state index contributed by atoms with van der Waals surface area (Å²) in [6.45, 7) is 9.64. The van der Waals surface area contributed by atoms with Crippen molar-refractivity contribution in [2.24, 2.45) is 0 Å². The van der Waals surface area contributed by atoms with Crippen LogP contribution in [0.1, 0.15) is 73.9 Å². The van der Waals surface area contributed by atoms with Crippen LogP contribution in [0.4, 0.5) is 11.4 Å². The molecule has 226 valence electrons. The van der Waals surface area contributed by atoms with Crippen LogP contribution in [-0.4, -0.2) is 0 Å². The second-order valence-corrected chi connectivity index (χ2v) is 14.5. The molecule has 2 aliphatic carbocycles. The minimum absolute atomic E-state index is 0.149. The van der Waals surface area contributed by atoms with Gasteiger partial charge in [-0.1, -0.05) is 155 Å². The summed E-state index contributed by atoms with van der Waals surface area (Å²) in [5, 5.41) is 3.90. The van der Waals surface area contributed by atoms with E-state index in [4.69, 9.17) is 0 Å². The first-order chi connectivity index (χ1) is 22.3. The van der Waals surface area contributed by atoms with Gasteiger partial charge in [0, 0.05) is 16.9 Å². The monoisotopic (exact) mass is 595 g/mol. The maximum Gasteiger partial charge on any atom is 0.0733 e. The van der Waals surface area contributed by atoms with Crippen LogP contribution in [0, 0.1) is 0 Å². The second kappa shape index (κ2) is 10.6. The Morgan fingerprint density at radius 1 is 0.435 bits per heavy atom. The maximum atomic E-state index is 3.90. The van der Waals surface area contributed by atoms with E-state index in [2.05, 4.69) is 179 Å². The Bertz CT molecular complexity index is 2010. The van der Waals surface area contributed by atoms with Crippen LogP contribution in [0.3, 0.4) is 0 Å². The van der Waals surface area contributed by atoms with Gasteiger partial charge in [-0.3, -0.25) is 0 Å². The highest BCUT2D eigenvalue weighted by atomic mass is 14.9. The van der Waals surface area contributed by atoms with Crippen LogP contribution < -0.4 is 5.32 Å². The molecule has 0 atom stereocenters. The van der Waals surface area contributed by atoms with Crippen LogP contribution in [0.2, 0.25) is 0 Å². The first-order valence-corrected chi connectivity index (χ1v) is 16.7. The van der Waals surface area contributed by atoms with E-state index in [9.17, 15) is 0 Å². The summed E-state index contributed by atoms with van der Waals surface area (Å²) in [4.78, 5) is 0. The van der Waals surface area contributed by atoms with Crippen molar-refractivity contribution >= 4 is 11.4 Å².